The number of furan rings is 1. The van der Waals surface area contributed by atoms with Gasteiger partial charge in [0.05, 0.1) is 13.2 Å². The Hall–Kier alpha value is -0.930. The molecular weight excluding hydrogens is 272 g/mol. The average Bonchev–Trinajstić information content (AvgIpc) is 2.84. The molecule has 1 aromatic heterocycles. The zero-order valence-electron chi connectivity index (χ0n) is 10.9. The van der Waals surface area contributed by atoms with Gasteiger partial charge in [-0.25, -0.2) is 13.1 Å². The van der Waals surface area contributed by atoms with E-state index in [1.807, 2.05) is 0 Å². The number of sulfonamides is 1. The molecule has 0 aliphatic carbocycles. The molecule has 0 saturated heterocycles. The Kier molecular flexibility index (Phi) is 7.03. The summed E-state index contributed by atoms with van der Waals surface area (Å²) in [5, 5.41) is 11.5. The fourth-order valence-corrected chi connectivity index (χ4v) is 2.36. The lowest BCUT2D eigenvalue weighted by Crippen LogP contribution is -2.25. The van der Waals surface area contributed by atoms with Crippen LogP contribution in [-0.4, -0.2) is 46.9 Å². The minimum absolute atomic E-state index is 0.0602. The highest BCUT2D eigenvalue weighted by atomic mass is 32.2. The van der Waals surface area contributed by atoms with Crippen LogP contribution in [0.5, 0.6) is 0 Å². The van der Waals surface area contributed by atoms with E-state index >= 15 is 0 Å². The van der Waals surface area contributed by atoms with E-state index < -0.39 is 10.0 Å². The van der Waals surface area contributed by atoms with Crippen LogP contribution in [0.2, 0.25) is 0 Å². The van der Waals surface area contributed by atoms with Crippen LogP contribution in [0.1, 0.15) is 12.2 Å². The van der Waals surface area contributed by atoms with Gasteiger partial charge in [-0.2, -0.15) is 0 Å². The van der Waals surface area contributed by atoms with Crippen LogP contribution < -0.4 is 10.0 Å². The van der Waals surface area contributed by atoms with Gasteiger partial charge in [-0.1, -0.05) is 0 Å². The molecule has 0 saturated carbocycles. The number of hydrogen-bond donors (Lipinski definition) is 3. The van der Waals surface area contributed by atoms with Crippen molar-refractivity contribution >= 4 is 10.0 Å². The van der Waals surface area contributed by atoms with E-state index in [9.17, 15) is 8.42 Å². The Morgan fingerprint density at radius 3 is 2.84 bits per heavy atom. The van der Waals surface area contributed by atoms with Crippen LogP contribution in [0.3, 0.4) is 0 Å². The van der Waals surface area contributed by atoms with Crippen LogP contribution in [0.4, 0.5) is 0 Å². The van der Waals surface area contributed by atoms with E-state index in [1.54, 1.807) is 13.2 Å². The Morgan fingerprint density at radius 1 is 1.37 bits per heavy atom. The van der Waals surface area contributed by atoms with Gasteiger partial charge in [-0.05, 0) is 18.6 Å². The first kappa shape index (κ1) is 16.1. The highest BCUT2D eigenvalue weighted by Gasteiger charge is 2.17. The number of hydrogen-bond acceptors (Lipinski definition) is 6. The van der Waals surface area contributed by atoms with Crippen molar-refractivity contribution in [2.75, 3.05) is 33.4 Å². The van der Waals surface area contributed by atoms with Gasteiger partial charge in [-0.3, -0.25) is 0 Å². The number of nitrogens with one attached hydrogen (secondary N) is 2. The van der Waals surface area contributed by atoms with Crippen molar-refractivity contribution < 1.29 is 22.7 Å². The van der Waals surface area contributed by atoms with Gasteiger partial charge in [0.1, 0.15) is 5.76 Å². The predicted molar refractivity (Wildman–Crippen MR) is 69.2 cm³/mol. The molecule has 0 spiro atoms. The molecule has 0 radical (unpaired) electrons. The average molecular weight is 292 g/mol. The molecule has 1 rings (SSSR count). The van der Waals surface area contributed by atoms with Crippen molar-refractivity contribution in [3.63, 3.8) is 0 Å². The summed E-state index contributed by atoms with van der Waals surface area (Å²) in [4.78, 5) is 0. The first-order chi connectivity index (χ1) is 9.10. The minimum Gasteiger partial charge on any atom is -0.447 e. The van der Waals surface area contributed by atoms with Gasteiger partial charge in [0.15, 0.2) is 0 Å². The van der Waals surface area contributed by atoms with E-state index in [0.29, 0.717) is 31.9 Å². The molecule has 8 heteroatoms. The first-order valence-electron chi connectivity index (χ1n) is 5.99. The molecule has 0 fully saturated rings. The third-order valence-electron chi connectivity index (χ3n) is 2.31. The van der Waals surface area contributed by atoms with Gasteiger partial charge >= 0.3 is 0 Å². The molecule has 3 N–H and O–H groups in total. The monoisotopic (exact) mass is 292 g/mol. The van der Waals surface area contributed by atoms with E-state index in [0.717, 1.165) is 0 Å². The Morgan fingerprint density at radius 2 is 2.16 bits per heavy atom. The van der Waals surface area contributed by atoms with Crippen LogP contribution in [0.25, 0.3) is 0 Å². The van der Waals surface area contributed by atoms with Gasteiger partial charge in [0.25, 0.3) is 10.0 Å². The Bertz CT molecular complexity index is 457. The maximum Gasteiger partial charge on any atom is 0.273 e. The van der Waals surface area contributed by atoms with Gasteiger partial charge in [-0.15, -0.1) is 0 Å². The molecule has 0 aliphatic heterocycles. The van der Waals surface area contributed by atoms with Crippen molar-refractivity contribution in [1.29, 1.82) is 0 Å². The number of aliphatic hydroxyl groups is 1. The molecule has 0 unspecified atom stereocenters. The molecule has 7 nitrogen and oxygen atoms in total. The molecule has 19 heavy (non-hydrogen) atoms. The van der Waals surface area contributed by atoms with Gasteiger partial charge < -0.3 is 19.6 Å². The second-order valence-corrected chi connectivity index (χ2v) is 5.56. The van der Waals surface area contributed by atoms with Gasteiger partial charge in [0.2, 0.25) is 5.09 Å². The van der Waals surface area contributed by atoms with Gasteiger partial charge in [0, 0.05) is 26.8 Å². The summed E-state index contributed by atoms with van der Waals surface area (Å²) >= 11 is 0. The lowest BCUT2D eigenvalue weighted by molar-refractivity contribution is 0.198. The van der Waals surface area contributed by atoms with Crippen LogP contribution in [0, 0.1) is 0 Å². The summed E-state index contributed by atoms with van der Waals surface area (Å²) in [6, 6.07) is 3.02. The third kappa shape index (κ3) is 5.70. The number of methoxy groups -OCH3 is 1. The van der Waals surface area contributed by atoms with Crippen LogP contribution in [-0.2, 0) is 21.3 Å². The van der Waals surface area contributed by atoms with Crippen molar-refractivity contribution in [1.82, 2.24) is 10.0 Å². The number of rotatable bonds is 10. The largest absolute Gasteiger partial charge is 0.447 e. The van der Waals surface area contributed by atoms with E-state index in [4.69, 9.17) is 14.3 Å². The van der Waals surface area contributed by atoms with E-state index in [2.05, 4.69) is 10.0 Å². The zero-order chi connectivity index (χ0) is 14.1. The topological polar surface area (TPSA) is 101 Å². The lowest BCUT2D eigenvalue weighted by Gasteiger charge is -2.03. The van der Waals surface area contributed by atoms with Crippen molar-refractivity contribution in [2.24, 2.45) is 0 Å². The zero-order valence-corrected chi connectivity index (χ0v) is 11.7. The second kappa shape index (κ2) is 8.28. The fourth-order valence-electron chi connectivity index (χ4n) is 1.34. The standard InChI is InChI=1S/C11H20N2O5S/c1-17-8-6-12-9-10-3-4-11(18-10)19(15,16)13-5-2-7-14/h3-4,12-14H,2,5-9H2,1H3. The summed E-state index contributed by atoms with van der Waals surface area (Å²) in [5.74, 6) is 0.540. The lowest BCUT2D eigenvalue weighted by atomic mass is 10.4. The third-order valence-corrected chi connectivity index (χ3v) is 3.64. The van der Waals surface area contributed by atoms with E-state index in [1.165, 1.54) is 6.07 Å². The summed E-state index contributed by atoms with van der Waals surface area (Å²) in [6.07, 6.45) is 0.366. The summed E-state index contributed by atoms with van der Waals surface area (Å²) < 4.78 is 36.0. The Balaban J connectivity index is 2.48. The molecule has 110 valence electrons. The number of ether oxygens (including phenoxy) is 1. The SMILES string of the molecule is COCCNCc1ccc(S(=O)(=O)NCCCO)o1. The van der Waals surface area contributed by atoms with Crippen molar-refractivity contribution in [2.45, 2.75) is 18.1 Å². The molecule has 0 amide bonds. The quantitative estimate of drug-likeness (QED) is 0.511. The molecule has 0 atom stereocenters. The molecule has 0 aromatic carbocycles. The summed E-state index contributed by atoms with van der Waals surface area (Å²) in [5.41, 5.74) is 0. The van der Waals surface area contributed by atoms with E-state index in [-0.39, 0.29) is 18.2 Å². The molecule has 0 bridgehead atoms. The molecule has 1 aromatic rings. The summed E-state index contributed by atoms with van der Waals surface area (Å²) in [7, 11) is -2.02. The molecular formula is C11H20N2O5S. The van der Waals surface area contributed by atoms with Crippen molar-refractivity contribution in [3.8, 4) is 0 Å². The Labute approximate surface area is 113 Å². The summed E-state index contributed by atoms with van der Waals surface area (Å²) in [6.45, 7) is 1.80. The van der Waals surface area contributed by atoms with Crippen LogP contribution in [0.15, 0.2) is 21.6 Å². The maximum atomic E-state index is 11.8. The highest BCUT2D eigenvalue weighted by molar-refractivity contribution is 7.89. The maximum absolute atomic E-state index is 11.8. The molecule has 1 heterocycles. The van der Waals surface area contributed by atoms with Crippen molar-refractivity contribution in [3.05, 3.63) is 17.9 Å². The molecule has 0 aliphatic rings. The predicted octanol–water partition coefficient (Wildman–Crippen LogP) is -0.324. The fraction of sp³-hybridized carbons (Fsp3) is 0.636. The highest BCUT2D eigenvalue weighted by Crippen LogP contribution is 2.13. The smallest absolute Gasteiger partial charge is 0.273 e. The minimum atomic E-state index is -3.63. The van der Waals surface area contributed by atoms with Crippen LogP contribution >= 0.6 is 0 Å². The normalized spacial score (nSPS) is 11.9. The number of aliphatic hydroxyl groups excluding tert-OH is 1. The second-order valence-electron chi connectivity index (χ2n) is 3.87. The first-order valence-corrected chi connectivity index (χ1v) is 7.47.